The Hall–Kier alpha value is -4.93. The number of anilines is 4. The van der Waals surface area contributed by atoms with E-state index in [-0.39, 0.29) is 11.9 Å². The molecule has 11 nitrogen and oxygen atoms in total. The van der Waals surface area contributed by atoms with Gasteiger partial charge in [0.05, 0.1) is 32.3 Å². The van der Waals surface area contributed by atoms with E-state index in [0.29, 0.717) is 52.4 Å². The summed E-state index contributed by atoms with van der Waals surface area (Å²) in [6, 6.07) is 10.9. The largest absolute Gasteiger partial charge is 0.493 e. The third kappa shape index (κ3) is 4.67. The topological polar surface area (TPSA) is 132 Å². The van der Waals surface area contributed by atoms with Crippen LogP contribution in [-0.4, -0.2) is 40.1 Å². The average molecular weight is 486 g/mol. The number of hydrogen-bond donors (Lipinski definition) is 3. The number of amides is 1. The lowest BCUT2D eigenvalue weighted by Gasteiger charge is -2.13. The molecule has 0 unspecified atom stereocenters. The van der Waals surface area contributed by atoms with Crippen molar-refractivity contribution in [3.05, 3.63) is 71.8 Å². The molecule has 3 N–H and O–H groups in total. The van der Waals surface area contributed by atoms with Crippen LogP contribution < -0.4 is 30.2 Å². The van der Waals surface area contributed by atoms with E-state index in [1.165, 1.54) is 6.33 Å². The Morgan fingerprint density at radius 3 is 2.44 bits per heavy atom. The number of benzene rings is 2. The first-order valence-electron chi connectivity index (χ1n) is 11.0. The number of carbonyl (C=O) groups excluding carboxylic acids is 1. The van der Waals surface area contributed by atoms with Crippen LogP contribution in [0.5, 0.6) is 23.1 Å². The van der Waals surface area contributed by atoms with E-state index in [0.717, 1.165) is 11.1 Å². The zero-order valence-corrected chi connectivity index (χ0v) is 19.8. The lowest BCUT2D eigenvalue weighted by atomic mass is 10.1. The smallest absolute Gasteiger partial charge is 0.258 e. The number of nitrogens with one attached hydrogen (secondary N) is 3. The number of rotatable bonds is 6. The summed E-state index contributed by atoms with van der Waals surface area (Å²) in [5, 5.41) is 9.17. The van der Waals surface area contributed by atoms with Crippen LogP contribution in [0.4, 0.5) is 23.1 Å². The van der Waals surface area contributed by atoms with Gasteiger partial charge >= 0.3 is 0 Å². The van der Waals surface area contributed by atoms with Crippen LogP contribution >= 0.6 is 0 Å². The van der Waals surface area contributed by atoms with Crippen LogP contribution in [0.3, 0.4) is 0 Å². The third-order valence-corrected chi connectivity index (χ3v) is 5.50. The van der Waals surface area contributed by atoms with Crippen LogP contribution in [0.2, 0.25) is 0 Å². The van der Waals surface area contributed by atoms with Gasteiger partial charge in [0.25, 0.3) is 5.91 Å². The first-order valence-corrected chi connectivity index (χ1v) is 11.0. The maximum atomic E-state index is 12.4. The van der Waals surface area contributed by atoms with Gasteiger partial charge in [-0.15, -0.1) is 0 Å². The fourth-order valence-corrected chi connectivity index (χ4v) is 3.60. The van der Waals surface area contributed by atoms with Crippen molar-refractivity contribution in [3.8, 4) is 23.1 Å². The highest BCUT2D eigenvalue weighted by Gasteiger charge is 2.22. The molecule has 0 saturated heterocycles. The molecule has 11 heteroatoms. The summed E-state index contributed by atoms with van der Waals surface area (Å²) < 4.78 is 16.9. The van der Waals surface area contributed by atoms with Crippen LogP contribution in [0.25, 0.3) is 0 Å². The molecule has 1 amide bonds. The molecule has 0 radical (unpaired) electrons. The number of methoxy groups -OCH3 is 2. The maximum Gasteiger partial charge on any atom is 0.258 e. The van der Waals surface area contributed by atoms with Gasteiger partial charge in [-0.25, -0.2) is 15.0 Å². The summed E-state index contributed by atoms with van der Waals surface area (Å²) in [5.41, 5.74) is 3.61. The maximum absolute atomic E-state index is 12.4. The van der Waals surface area contributed by atoms with Gasteiger partial charge in [0.15, 0.2) is 17.3 Å². The normalized spacial score (nSPS) is 11.6. The zero-order valence-electron chi connectivity index (χ0n) is 19.8. The average Bonchev–Trinajstić information content (AvgIpc) is 3.08. The highest BCUT2D eigenvalue weighted by molar-refractivity contribution is 6.03. The van der Waals surface area contributed by atoms with Crippen molar-refractivity contribution in [2.45, 2.75) is 13.5 Å². The minimum Gasteiger partial charge on any atom is -0.493 e. The highest BCUT2D eigenvalue weighted by atomic mass is 16.5. The molecule has 0 bridgehead atoms. The van der Waals surface area contributed by atoms with Crippen molar-refractivity contribution < 1.29 is 19.0 Å². The van der Waals surface area contributed by atoms with E-state index in [1.54, 1.807) is 44.8 Å². The van der Waals surface area contributed by atoms with E-state index in [9.17, 15) is 4.79 Å². The van der Waals surface area contributed by atoms with Crippen molar-refractivity contribution in [2.24, 2.45) is 0 Å². The van der Waals surface area contributed by atoms with Crippen LogP contribution in [0, 0.1) is 6.92 Å². The minimum atomic E-state index is -0.286. The molecule has 0 saturated carbocycles. The standard InChI is InChI=1S/C25H23N7O4/c1-14-4-6-15(7-5-14)23(33)32-25-27-11-17(12-28-25)31-22-21-24(30-13-29-22)36-18-9-20(35-3)19(34-2)8-16(18)10-26-21/h4-9,11-13,26H,10H2,1-3H3,(H,29,30,31)(H,27,28,32,33). The molecule has 0 aliphatic carbocycles. The molecule has 1 aliphatic rings. The SMILES string of the molecule is COc1cc2c(cc1OC)Oc1ncnc(Nc3cnc(NC(=O)c4ccc(C)cc4)nc3)c1NC2. The first kappa shape index (κ1) is 22.8. The molecule has 4 aromatic rings. The van der Waals surface area contributed by atoms with E-state index < -0.39 is 0 Å². The van der Waals surface area contributed by atoms with E-state index >= 15 is 0 Å². The molecule has 5 rings (SSSR count). The van der Waals surface area contributed by atoms with E-state index in [2.05, 4.69) is 35.9 Å². The molecule has 36 heavy (non-hydrogen) atoms. The number of ether oxygens (including phenoxy) is 3. The summed E-state index contributed by atoms with van der Waals surface area (Å²) in [4.78, 5) is 29.5. The van der Waals surface area contributed by atoms with Crippen molar-refractivity contribution in [2.75, 3.05) is 30.2 Å². The van der Waals surface area contributed by atoms with Gasteiger partial charge in [-0.05, 0) is 25.1 Å². The Labute approximate surface area is 206 Å². The summed E-state index contributed by atoms with van der Waals surface area (Å²) in [7, 11) is 3.15. The van der Waals surface area contributed by atoms with Crippen molar-refractivity contribution in [1.82, 2.24) is 19.9 Å². The van der Waals surface area contributed by atoms with Crippen LogP contribution in [0.15, 0.2) is 55.1 Å². The molecule has 2 aromatic carbocycles. The van der Waals surface area contributed by atoms with Crippen molar-refractivity contribution in [3.63, 3.8) is 0 Å². The van der Waals surface area contributed by atoms with Crippen LogP contribution in [0.1, 0.15) is 21.5 Å². The molecule has 182 valence electrons. The lowest BCUT2D eigenvalue weighted by Crippen LogP contribution is -2.14. The number of aromatic nitrogens is 4. The summed E-state index contributed by atoms with van der Waals surface area (Å²) in [6.07, 6.45) is 4.49. The van der Waals surface area contributed by atoms with Crippen molar-refractivity contribution in [1.29, 1.82) is 0 Å². The molecule has 2 aromatic heterocycles. The molecule has 0 atom stereocenters. The van der Waals surface area contributed by atoms with Gasteiger partial charge in [-0.3, -0.25) is 10.1 Å². The summed E-state index contributed by atoms with van der Waals surface area (Å²) >= 11 is 0. The Morgan fingerprint density at radius 1 is 1.00 bits per heavy atom. The van der Waals surface area contributed by atoms with Crippen molar-refractivity contribution >= 4 is 29.0 Å². The number of nitrogens with zero attached hydrogens (tertiary/aromatic N) is 4. The predicted octanol–water partition coefficient (Wildman–Crippen LogP) is 4.31. The van der Waals surface area contributed by atoms with Gasteiger partial charge in [-0.2, -0.15) is 4.98 Å². The van der Waals surface area contributed by atoms with Gasteiger partial charge in [-0.1, -0.05) is 17.7 Å². The Kier molecular flexibility index (Phi) is 6.18. The number of aryl methyl sites for hydroxylation is 1. The molecule has 3 heterocycles. The minimum absolute atomic E-state index is 0.187. The van der Waals surface area contributed by atoms with Gasteiger partial charge < -0.3 is 24.8 Å². The lowest BCUT2D eigenvalue weighted by molar-refractivity contribution is 0.102. The van der Waals surface area contributed by atoms with E-state index in [4.69, 9.17) is 14.2 Å². The monoisotopic (exact) mass is 485 g/mol. The number of hydrogen-bond acceptors (Lipinski definition) is 10. The van der Waals surface area contributed by atoms with Gasteiger partial charge in [0.2, 0.25) is 11.8 Å². The Bertz CT molecular complexity index is 1410. The third-order valence-electron chi connectivity index (χ3n) is 5.50. The molecule has 0 fully saturated rings. The second-order valence-electron chi connectivity index (χ2n) is 7.91. The predicted molar refractivity (Wildman–Crippen MR) is 133 cm³/mol. The quantitative estimate of drug-likeness (QED) is 0.363. The molecular formula is C25H23N7O4. The fraction of sp³-hybridized carbons (Fsp3) is 0.160. The Morgan fingerprint density at radius 2 is 1.72 bits per heavy atom. The molecule has 0 spiro atoms. The first-order chi connectivity index (χ1) is 17.5. The Balaban J connectivity index is 1.32. The second-order valence-corrected chi connectivity index (χ2v) is 7.91. The van der Waals surface area contributed by atoms with Gasteiger partial charge in [0.1, 0.15) is 17.8 Å². The van der Waals surface area contributed by atoms with Gasteiger partial charge in [0, 0.05) is 23.7 Å². The molecule has 1 aliphatic heterocycles. The van der Waals surface area contributed by atoms with Crippen LogP contribution in [-0.2, 0) is 6.54 Å². The molecular weight excluding hydrogens is 462 g/mol. The fourth-order valence-electron chi connectivity index (χ4n) is 3.60. The highest BCUT2D eigenvalue weighted by Crippen LogP contribution is 2.42. The number of fused-ring (bicyclic) bond motifs is 2. The van der Waals surface area contributed by atoms with E-state index in [1.807, 2.05) is 25.1 Å². The second kappa shape index (κ2) is 9.74. The summed E-state index contributed by atoms with van der Waals surface area (Å²) in [6.45, 7) is 2.41. The number of carbonyl (C=O) groups is 1. The zero-order chi connectivity index (χ0) is 25.1. The summed E-state index contributed by atoms with van der Waals surface area (Å²) in [5.74, 6) is 2.48.